The molecule has 5 nitrogen and oxygen atoms in total. The molecular weight excluding hydrogens is 669 g/mol. The number of carbonyl (C=O) groups is 1. The van der Waals surface area contributed by atoms with Gasteiger partial charge < -0.3 is 15.1 Å². The van der Waals surface area contributed by atoms with Gasteiger partial charge in [0.2, 0.25) is 5.91 Å². The molecule has 2 aliphatic rings. The third-order valence-electron chi connectivity index (χ3n) is 7.11. The number of hydrogen-bond donors (Lipinski definition) is 1. The number of piperazine rings is 1. The molecule has 2 unspecified atom stereocenters. The third-order valence-corrected chi connectivity index (χ3v) is 9.03. The predicted molar refractivity (Wildman–Crippen MR) is 154 cm³/mol. The fraction of sp³-hybridized carbons (Fsp3) is 0.519. The lowest BCUT2D eigenvalue weighted by atomic mass is 10.0. The molecule has 1 N–H and O–H groups in total. The molecule has 2 atom stereocenters. The summed E-state index contributed by atoms with van der Waals surface area (Å²) in [6.07, 6.45) is -1.69. The Labute approximate surface area is 247 Å². The minimum atomic E-state index is -4.34. The number of amides is 1. The predicted octanol–water partition coefficient (Wildman–Crippen LogP) is 6.77. The summed E-state index contributed by atoms with van der Waals surface area (Å²) in [4.78, 5) is 19.2. The molecule has 2 aromatic rings. The van der Waals surface area contributed by atoms with Crippen LogP contribution in [-0.4, -0.2) is 65.7 Å². The van der Waals surface area contributed by atoms with E-state index in [9.17, 15) is 31.1 Å². The van der Waals surface area contributed by atoms with Gasteiger partial charge in [0.15, 0.2) is 0 Å². The number of nitrogens with zero attached hydrogens (tertiary/aromatic N) is 3. The molecule has 40 heavy (non-hydrogen) atoms. The first-order valence-corrected chi connectivity index (χ1v) is 15.1. The molecule has 2 heterocycles. The number of nitrogens with one attached hydrogen (secondary N) is 1. The second-order valence-corrected chi connectivity index (χ2v) is 12.5. The summed E-state index contributed by atoms with van der Waals surface area (Å²) in [6, 6.07) is 11.7. The molecule has 1 amide bonds. The van der Waals surface area contributed by atoms with Crippen molar-refractivity contribution in [1.82, 2.24) is 10.2 Å². The maximum absolute atomic E-state index is 12.8. The van der Waals surface area contributed by atoms with Crippen molar-refractivity contribution in [3.63, 3.8) is 0 Å². The Hall–Kier alpha value is -1.87. The van der Waals surface area contributed by atoms with Gasteiger partial charge in [-0.15, -0.1) is 0 Å². The van der Waals surface area contributed by atoms with Crippen LogP contribution in [0.15, 0.2) is 53.4 Å². The maximum Gasteiger partial charge on any atom is 0.446 e. The van der Waals surface area contributed by atoms with E-state index in [-0.39, 0.29) is 32.7 Å². The average Bonchev–Trinajstić information content (AvgIpc) is 2.88. The van der Waals surface area contributed by atoms with Gasteiger partial charge in [-0.1, -0.05) is 22.6 Å². The van der Waals surface area contributed by atoms with E-state index in [0.29, 0.717) is 13.0 Å². The van der Waals surface area contributed by atoms with E-state index in [2.05, 4.69) is 42.6 Å². The summed E-state index contributed by atoms with van der Waals surface area (Å²) in [6.45, 7) is 4.49. The van der Waals surface area contributed by atoms with Crippen LogP contribution in [0.4, 0.5) is 37.7 Å². The lowest BCUT2D eigenvalue weighted by Crippen LogP contribution is -2.48. The molecule has 2 aromatic carbocycles. The van der Waals surface area contributed by atoms with Crippen LogP contribution < -0.4 is 15.1 Å². The van der Waals surface area contributed by atoms with Crippen LogP contribution >= 0.6 is 34.4 Å². The first-order chi connectivity index (χ1) is 18.9. The van der Waals surface area contributed by atoms with Crippen molar-refractivity contribution in [3.8, 4) is 0 Å². The van der Waals surface area contributed by atoms with Gasteiger partial charge in [-0.2, -0.15) is 26.3 Å². The zero-order valence-electron chi connectivity index (χ0n) is 21.6. The van der Waals surface area contributed by atoms with Gasteiger partial charge in [-0.3, -0.25) is 9.69 Å². The lowest BCUT2D eigenvalue weighted by molar-refractivity contribution is -0.137. The zero-order valence-corrected chi connectivity index (χ0v) is 24.6. The second-order valence-electron chi connectivity index (χ2n) is 9.94. The smallest absolute Gasteiger partial charge is 0.369 e. The van der Waals surface area contributed by atoms with Crippen LogP contribution in [0.25, 0.3) is 0 Å². The monoisotopic (exact) mass is 700 g/mol. The van der Waals surface area contributed by atoms with E-state index < -0.39 is 17.2 Å². The standard InChI is InChI=1S/C27H31F6IN4OS/c28-26(29,30)19-3-5-21(6-4-19)37-16-14-36(15-17-37)12-1-2-25(39)35-20-11-13-38(24(34)18-20)22-7-9-23(10-8-22)40-27(31,32)33/h3-10,20,24H,1-2,11-18H2,(H,35,39). The van der Waals surface area contributed by atoms with Gasteiger partial charge in [0.05, 0.1) is 9.61 Å². The summed E-state index contributed by atoms with van der Waals surface area (Å²) >= 11 is 2.19. The molecule has 0 radical (unpaired) electrons. The Balaban J connectivity index is 1.13. The minimum absolute atomic E-state index is 0.0129. The van der Waals surface area contributed by atoms with Crippen LogP contribution in [0.3, 0.4) is 0 Å². The molecule has 0 bridgehead atoms. The van der Waals surface area contributed by atoms with Crippen molar-refractivity contribution in [3.05, 3.63) is 54.1 Å². The maximum atomic E-state index is 12.8. The van der Waals surface area contributed by atoms with Gasteiger partial charge in [0.25, 0.3) is 0 Å². The Morgan fingerprint density at radius 1 is 0.900 bits per heavy atom. The van der Waals surface area contributed by atoms with Crippen molar-refractivity contribution in [2.24, 2.45) is 0 Å². The number of rotatable bonds is 8. The quantitative estimate of drug-likeness (QED) is 0.108. The van der Waals surface area contributed by atoms with E-state index in [4.69, 9.17) is 0 Å². The van der Waals surface area contributed by atoms with E-state index in [0.717, 1.165) is 75.5 Å². The number of carbonyl (C=O) groups excluding carboxylic acids is 1. The lowest BCUT2D eigenvalue weighted by Gasteiger charge is -2.38. The summed E-state index contributed by atoms with van der Waals surface area (Å²) in [7, 11) is 0. The number of halogens is 7. The Morgan fingerprint density at radius 3 is 2.10 bits per heavy atom. The molecule has 220 valence electrons. The van der Waals surface area contributed by atoms with Crippen molar-refractivity contribution in [2.45, 2.75) is 52.4 Å². The second kappa shape index (κ2) is 13.4. The fourth-order valence-corrected chi connectivity index (χ4v) is 6.78. The van der Waals surface area contributed by atoms with Crippen molar-refractivity contribution >= 4 is 51.6 Å². The molecule has 2 fully saturated rings. The molecule has 4 rings (SSSR count). The molecule has 0 saturated carbocycles. The van der Waals surface area contributed by atoms with Gasteiger partial charge in [-0.25, -0.2) is 0 Å². The molecule has 0 aliphatic carbocycles. The highest BCUT2D eigenvalue weighted by molar-refractivity contribution is 14.1. The summed E-state index contributed by atoms with van der Waals surface area (Å²) in [5.74, 6) is 0.0129. The van der Waals surface area contributed by atoms with Crippen molar-refractivity contribution in [2.75, 3.05) is 49.1 Å². The molecular formula is C27H31F6IN4OS. The topological polar surface area (TPSA) is 38.8 Å². The highest BCUT2D eigenvalue weighted by Crippen LogP contribution is 2.38. The van der Waals surface area contributed by atoms with Crippen LogP contribution in [0.1, 0.15) is 31.2 Å². The van der Waals surface area contributed by atoms with Crippen molar-refractivity contribution < 1.29 is 31.1 Å². The highest BCUT2D eigenvalue weighted by Gasteiger charge is 2.31. The Kier molecular flexibility index (Phi) is 10.4. The molecule has 0 spiro atoms. The first kappa shape index (κ1) is 31.1. The van der Waals surface area contributed by atoms with E-state index in [1.807, 2.05) is 0 Å². The van der Waals surface area contributed by atoms with Crippen LogP contribution in [0.5, 0.6) is 0 Å². The van der Waals surface area contributed by atoms with Crippen molar-refractivity contribution in [1.29, 1.82) is 0 Å². The van der Waals surface area contributed by atoms with E-state index in [1.54, 1.807) is 12.1 Å². The van der Waals surface area contributed by atoms with Crippen LogP contribution in [0.2, 0.25) is 0 Å². The first-order valence-electron chi connectivity index (χ1n) is 13.1. The molecule has 13 heteroatoms. The largest absolute Gasteiger partial charge is 0.446 e. The number of benzene rings is 2. The minimum Gasteiger partial charge on any atom is -0.369 e. The number of anilines is 2. The van der Waals surface area contributed by atoms with Crippen LogP contribution in [-0.2, 0) is 11.0 Å². The molecule has 0 aromatic heterocycles. The Morgan fingerprint density at radius 2 is 1.52 bits per heavy atom. The van der Waals surface area contributed by atoms with Gasteiger partial charge in [-0.05, 0) is 86.1 Å². The number of thioether (sulfide) groups is 1. The Bertz CT molecular complexity index is 1110. The van der Waals surface area contributed by atoms with Gasteiger partial charge in [0, 0.05) is 61.5 Å². The summed E-state index contributed by atoms with van der Waals surface area (Å²) in [5, 5.41) is 3.13. The third kappa shape index (κ3) is 9.07. The van der Waals surface area contributed by atoms with Gasteiger partial charge in [0.1, 0.15) is 0 Å². The SMILES string of the molecule is O=C(CCCN1CCN(c2ccc(C(F)(F)F)cc2)CC1)NC1CCN(c2ccc(SC(F)(F)F)cc2)C(I)C1. The fourth-order valence-electron chi connectivity index (χ4n) is 5.03. The summed E-state index contributed by atoms with van der Waals surface area (Å²) in [5.41, 5.74) is -3.31. The zero-order chi connectivity index (χ0) is 28.9. The number of alkyl halides is 7. The average molecular weight is 701 g/mol. The normalized spacial score (nSPS) is 21.0. The van der Waals surface area contributed by atoms with E-state index in [1.165, 1.54) is 24.3 Å². The molecule has 2 aliphatic heterocycles. The highest BCUT2D eigenvalue weighted by atomic mass is 127. The van der Waals surface area contributed by atoms with Gasteiger partial charge >= 0.3 is 11.7 Å². The summed E-state index contributed by atoms with van der Waals surface area (Å²) < 4.78 is 76.2. The molecule has 2 saturated heterocycles. The van der Waals surface area contributed by atoms with Crippen LogP contribution in [0, 0.1) is 0 Å². The van der Waals surface area contributed by atoms with E-state index >= 15 is 0 Å². The number of piperidine rings is 1. The number of hydrogen-bond acceptors (Lipinski definition) is 5.